The van der Waals surface area contributed by atoms with E-state index in [0.717, 1.165) is 26.2 Å². The topological polar surface area (TPSA) is 44.7 Å². The lowest BCUT2D eigenvalue weighted by atomic mass is 9.93. The maximum Gasteiger partial charge on any atom is 0.0611 e. The third-order valence-electron chi connectivity index (χ3n) is 4.25. The summed E-state index contributed by atoms with van der Waals surface area (Å²) in [5.74, 6) is 0.668. The molecule has 1 aliphatic rings. The number of ether oxygens (including phenoxy) is 1. The molecule has 18 heavy (non-hydrogen) atoms. The molecule has 3 unspecified atom stereocenters. The summed E-state index contributed by atoms with van der Waals surface area (Å²) in [6.07, 6.45) is 3.42. The van der Waals surface area contributed by atoms with Crippen molar-refractivity contribution in [2.45, 2.75) is 44.7 Å². The van der Waals surface area contributed by atoms with Crippen molar-refractivity contribution in [3.63, 3.8) is 0 Å². The Balaban J connectivity index is 2.37. The van der Waals surface area contributed by atoms with Crippen molar-refractivity contribution >= 4 is 0 Å². The van der Waals surface area contributed by atoms with E-state index in [1.807, 2.05) is 7.05 Å². The van der Waals surface area contributed by atoms with Crippen molar-refractivity contribution < 1.29 is 9.84 Å². The molecule has 1 rings (SSSR count). The summed E-state index contributed by atoms with van der Waals surface area (Å²) in [6, 6.07) is 0.455. The van der Waals surface area contributed by atoms with Crippen LogP contribution in [0.5, 0.6) is 0 Å². The molecule has 0 amide bonds. The van der Waals surface area contributed by atoms with E-state index in [1.165, 1.54) is 12.8 Å². The molecule has 0 aromatic carbocycles. The average Bonchev–Trinajstić information content (AvgIpc) is 2.39. The minimum Gasteiger partial charge on any atom is -0.394 e. The smallest absolute Gasteiger partial charge is 0.0611 e. The molecule has 1 heterocycles. The van der Waals surface area contributed by atoms with Gasteiger partial charge in [0.25, 0.3) is 0 Å². The normalized spacial score (nSPS) is 26.0. The fraction of sp³-hybridized carbons (Fsp3) is 1.00. The maximum atomic E-state index is 9.44. The predicted octanol–water partition coefficient (Wildman–Crippen LogP) is 1.09. The molecule has 4 heteroatoms. The number of hydrogen-bond donors (Lipinski definition) is 2. The van der Waals surface area contributed by atoms with Crippen LogP contribution in [0.4, 0.5) is 0 Å². The van der Waals surface area contributed by atoms with E-state index >= 15 is 0 Å². The van der Waals surface area contributed by atoms with Gasteiger partial charge in [-0.15, -0.1) is 0 Å². The quantitative estimate of drug-likeness (QED) is 0.717. The van der Waals surface area contributed by atoms with Gasteiger partial charge in [-0.25, -0.2) is 0 Å². The van der Waals surface area contributed by atoms with Crippen LogP contribution in [-0.4, -0.2) is 62.0 Å². The third-order valence-corrected chi connectivity index (χ3v) is 4.25. The van der Waals surface area contributed by atoms with E-state index in [9.17, 15) is 5.11 Å². The molecule has 4 nitrogen and oxygen atoms in total. The van der Waals surface area contributed by atoms with E-state index in [0.29, 0.717) is 12.0 Å². The molecule has 0 spiro atoms. The summed E-state index contributed by atoms with van der Waals surface area (Å²) in [5, 5.41) is 12.7. The summed E-state index contributed by atoms with van der Waals surface area (Å²) in [5.41, 5.74) is -0.184. The van der Waals surface area contributed by atoms with Gasteiger partial charge in [0, 0.05) is 24.7 Å². The fourth-order valence-corrected chi connectivity index (χ4v) is 2.59. The van der Waals surface area contributed by atoms with Crippen molar-refractivity contribution in [1.29, 1.82) is 0 Å². The second-order valence-corrected chi connectivity index (χ2v) is 6.04. The zero-order valence-electron chi connectivity index (χ0n) is 12.4. The summed E-state index contributed by atoms with van der Waals surface area (Å²) in [7, 11) is 4.09. The van der Waals surface area contributed by atoms with Crippen molar-refractivity contribution in [2.24, 2.45) is 5.92 Å². The molecule has 1 saturated heterocycles. The van der Waals surface area contributed by atoms with E-state index in [1.54, 1.807) is 0 Å². The highest BCUT2D eigenvalue weighted by molar-refractivity contribution is 4.85. The molecule has 1 fully saturated rings. The van der Waals surface area contributed by atoms with Crippen molar-refractivity contribution in [1.82, 2.24) is 10.2 Å². The Morgan fingerprint density at radius 2 is 2.28 bits per heavy atom. The number of likely N-dealkylation sites (N-methyl/N-ethyl adjacent to an activating group) is 1. The number of rotatable bonds is 7. The maximum absolute atomic E-state index is 9.44. The Morgan fingerprint density at radius 3 is 2.78 bits per heavy atom. The van der Waals surface area contributed by atoms with E-state index in [-0.39, 0.29) is 12.1 Å². The first-order chi connectivity index (χ1) is 8.50. The van der Waals surface area contributed by atoms with Gasteiger partial charge in [0.05, 0.1) is 13.2 Å². The Labute approximate surface area is 112 Å². The van der Waals surface area contributed by atoms with Gasteiger partial charge in [-0.05, 0) is 53.1 Å². The van der Waals surface area contributed by atoms with E-state index < -0.39 is 0 Å². The van der Waals surface area contributed by atoms with Crippen LogP contribution >= 0.6 is 0 Å². The summed E-state index contributed by atoms with van der Waals surface area (Å²) in [6.45, 7) is 7.40. The molecule has 0 aromatic heterocycles. The van der Waals surface area contributed by atoms with Crippen molar-refractivity contribution in [2.75, 3.05) is 40.5 Å². The molecule has 0 saturated carbocycles. The summed E-state index contributed by atoms with van der Waals surface area (Å²) in [4.78, 5) is 2.39. The second kappa shape index (κ2) is 7.43. The summed E-state index contributed by atoms with van der Waals surface area (Å²) >= 11 is 0. The molecular formula is C14H30N2O2. The van der Waals surface area contributed by atoms with Gasteiger partial charge in [0.2, 0.25) is 0 Å². The van der Waals surface area contributed by atoms with Crippen LogP contribution < -0.4 is 5.32 Å². The number of aliphatic hydroxyl groups excluding tert-OH is 1. The Kier molecular flexibility index (Phi) is 6.57. The van der Waals surface area contributed by atoms with Gasteiger partial charge in [0.1, 0.15) is 0 Å². The minimum absolute atomic E-state index is 0.175. The average molecular weight is 258 g/mol. The molecular weight excluding hydrogens is 228 g/mol. The Morgan fingerprint density at radius 1 is 1.56 bits per heavy atom. The number of hydrogen-bond acceptors (Lipinski definition) is 4. The van der Waals surface area contributed by atoms with Gasteiger partial charge in [0.15, 0.2) is 0 Å². The molecule has 2 N–H and O–H groups in total. The molecule has 3 atom stereocenters. The van der Waals surface area contributed by atoms with Crippen LogP contribution in [0.2, 0.25) is 0 Å². The third kappa shape index (κ3) is 4.84. The number of nitrogens with zero attached hydrogens (tertiary/aromatic N) is 1. The number of nitrogens with one attached hydrogen (secondary N) is 1. The minimum atomic E-state index is -0.184. The molecule has 0 aliphatic carbocycles. The highest BCUT2D eigenvalue weighted by atomic mass is 16.5. The van der Waals surface area contributed by atoms with Crippen LogP contribution in [0.25, 0.3) is 0 Å². The zero-order valence-corrected chi connectivity index (χ0v) is 12.4. The fourth-order valence-electron chi connectivity index (χ4n) is 2.59. The zero-order chi connectivity index (χ0) is 13.6. The first-order valence-electron chi connectivity index (χ1n) is 7.08. The van der Waals surface area contributed by atoms with Gasteiger partial charge < -0.3 is 20.1 Å². The van der Waals surface area contributed by atoms with Crippen LogP contribution in [-0.2, 0) is 4.74 Å². The SMILES string of the molecule is CNC(C)(CO)CC(C)N(C)CC1CCCOC1. The molecule has 0 radical (unpaired) electrons. The predicted molar refractivity (Wildman–Crippen MR) is 74.8 cm³/mol. The highest BCUT2D eigenvalue weighted by Gasteiger charge is 2.26. The molecule has 1 aliphatic heterocycles. The number of aliphatic hydroxyl groups is 1. The van der Waals surface area contributed by atoms with Gasteiger partial charge in [-0.2, -0.15) is 0 Å². The Bertz CT molecular complexity index is 226. The van der Waals surface area contributed by atoms with Gasteiger partial charge >= 0.3 is 0 Å². The first kappa shape index (κ1) is 15.9. The standard InChI is InChI=1S/C14H30N2O2/c1-12(8-14(2,11-17)15-3)16(4)9-13-6-5-7-18-10-13/h12-13,15,17H,5-11H2,1-4H3. The van der Waals surface area contributed by atoms with Crippen molar-refractivity contribution in [3.05, 3.63) is 0 Å². The van der Waals surface area contributed by atoms with Crippen molar-refractivity contribution in [3.8, 4) is 0 Å². The van der Waals surface area contributed by atoms with Gasteiger partial charge in [-0.3, -0.25) is 0 Å². The van der Waals surface area contributed by atoms with Crippen LogP contribution in [0, 0.1) is 5.92 Å². The Hall–Kier alpha value is -0.160. The molecule has 0 aromatic rings. The van der Waals surface area contributed by atoms with E-state index in [2.05, 4.69) is 31.1 Å². The summed E-state index contributed by atoms with van der Waals surface area (Å²) < 4.78 is 5.53. The largest absolute Gasteiger partial charge is 0.394 e. The monoisotopic (exact) mass is 258 g/mol. The van der Waals surface area contributed by atoms with Gasteiger partial charge in [-0.1, -0.05) is 0 Å². The molecule has 0 bridgehead atoms. The van der Waals surface area contributed by atoms with Crippen LogP contribution in [0.3, 0.4) is 0 Å². The highest BCUT2D eigenvalue weighted by Crippen LogP contribution is 2.19. The lowest BCUT2D eigenvalue weighted by molar-refractivity contribution is 0.0333. The van der Waals surface area contributed by atoms with Crippen LogP contribution in [0.15, 0.2) is 0 Å². The second-order valence-electron chi connectivity index (χ2n) is 6.04. The lowest BCUT2D eigenvalue weighted by Gasteiger charge is -2.36. The van der Waals surface area contributed by atoms with E-state index in [4.69, 9.17) is 4.74 Å². The first-order valence-corrected chi connectivity index (χ1v) is 7.08. The molecule has 108 valence electrons. The van der Waals surface area contributed by atoms with Crippen LogP contribution in [0.1, 0.15) is 33.1 Å². The lowest BCUT2D eigenvalue weighted by Crippen LogP contribution is -2.49.